The maximum atomic E-state index is 11.8. The van der Waals surface area contributed by atoms with Crippen LogP contribution < -0.4 is 0 Å². The number of carbonyl (C=O) groups is 1. The highest BCUT2D eigenvalue weighted by molar-refractivity contribution is 5.89. The first kappa shape index (κ1) is 19.6. The van der Waals surface area contributed by atoms with Crippen LogP contribution in [0.5, 0.6) is 0 Å². The summed E-state index contributed by atoms with van der Waals surface area (Å²) in [5.74, 6) is -0.857. The Bertz CT molecular complexity index is 724. The molecule has 27 heavy (non-hydrogen) atoms. The highest BCUT2D eigenvalue weighted by Crippen LogP contribution is 2.32. The number of nitrogens with zero attached hydrogens (tertiary/aromatic N) is 2. The molecule has 1 unspecified atom stereocenters. The molecule has 1 N–H and O–H groups in total. The van der Waals surface area contributed by atoms with Gasteiger partial charge in [-0.1, -0.05) is 68.3 Å². The van der Waals surface area contributed by atoms with Crippen LogP contribution >= 0.6 is 0 Å². The molecule has 1 heterocycles. The van der Waals surface area contributed by atoms with E-state index in [4.69, 9.17) is 0 Å². The molecule has 0 aliphatic carbocycles. The lowest BCUT2D eigenvalue weighted by Gasteiger charge is -2.40. The van der Waals surface area contributed by atoms with Gasteiger partial charge in [-0.25, -0.2) is 4.79 Å². The van der Waals surface area contributed by atoms with Crippen LogP contribution in [0.15, 0.2) is 54.6 Å². The molecule has 0 amide bonds. The first-order chi connectivity index (χ1) is 13.2. The third-order valence-electron chi connectivity index (χ3n) is 5.45. The smallest absolute Gasteiger partial charge is 0.336 e. The molecule has 1 fully saturated rings. The maximum Gasteiger partial charge on any atom is 0.336 e. The average molecular weight is 367 g/mol. The second kappa shape index (κ2) is 9.67. The minimum Gasteiger partial charge on any atom is -0.478 e. The molecular weight excluding hydrogens is 336 g/mol. The fourth-order valence-electron chi connectivity index (χ4n) is 3.98. The Balaban J connectivity index is 1.82. The second-order valence-corrected chi connectivity index (χ2v) is 7.29. The van der Waals surface area contributed by atoms with Crippen molar-refractivity contribution in [3.63, 3.8) is 0 Å². The van der Waals surface area contributed by atoms with E-state index >= 15 is 0 Å². The molecule has 0 radical (unpaired) electrons. The molecule has 144 valence electrons. The number of aromatic carboxylic acids is 1. The van der Waals surface area contributed by atoms with Crippen molar-refractivity contribution in [2.45, 2.75) is 32.2 Å². The van der Waals surface area contributed by atoms with E-state index in [1.54, 1.807) is 12.1 Å². The van der Waals surface area contributed by atoms with Crippen molar-refractivity contribution in [2.75, 3.05) is 32.7 Å². The number of rotatable bonds is 8. The molecule has 0 aromatic heterocycles. The second-order valence-electron chi connectivity index (χ2n) is 7.29. The largest absolute Gasteiger partial charge is 0.478 e. The number of piperazine rings is 1. The zero-order valence-electron chi connectivity index (χ0n) is 16.2. The molecule has 2 aromatic carbocycles. The van der Waals surface area contributed by atoms with Crippen LogP contribution in [0.2, 0.25) is 0 Å². The lowest BCUT2D eigenvalue weighted by molar-refractivity contribution is 0.0689. The van der Waals surface area contributed by atoms with Crippen molar-refractivity contribution in [1.29, 1.82) is 0 Å². The number of hydrogen-bond donors (Lipinski definition) is 1. The van der Waals surface area contributed by atoms with Crippen molar-refractivity contribution >= 4 is 5.97 Å². The van der Waals surface area contributed by atoms with Gasteiger partial charge in [0.15, 0.2) is 0 Å². The van der Waals surface area contributed by atoms with Crippen LogP contribution in [0.3, 0.4) is 0 Å². The summed E-state index contributed by atoms with van der Waals surface area (Å²) in [6.45, 7) is 7.41. The van der Waals surface area contributed by atoms with Crippen LogP contribution in [-0.4, -0.2) is 53.6 Å². The SMILES string of the molecule is CCCCCN1CCN(C(c2ccccc2)c2ccccc2C(=O)O)CC1. The average Bonchev–Trinajstić information content (AvgIpc) is 2.71. The molecule has 0 spiro atoms. The quantitative estimate of drug-likeness (QED) is 0.708. The van der Waals surface area contributed by atoms with Gasteiger partial charge < -0.3 is 10.0 Å². The van der Waals surface area contributed by atoms with E-state index in [0.717, 1.165) is 37.3 Å². The standard InChI is InChI=1S/C23H30N2O2/c1-2-3-9-14-24-15-17-25(18-16-24)22(19-10-5-4-6-11-19)20-12-7-8-13-21(20)23(26)27/h4-8,10-13,22H,2-3,9,14-18H2,1H3,(H,26,27). The Morgan fingerprint density at radius 3 is 2.30 bits per heavy atom. The molecule has 1 aliphatic rings. The summed E-state index contributed by atoms with van der Waals surface area (Å²) in [5, 5.41) is 9.70. The summed E-state index contributed by atoms with van der Waals surface area (Å²) < 4.78 is 0. The topological polar surface area (TPSA) is 43.8 Å². The molecule has 4 nitrogen and oxygen atoms in total. The normalized spacial score (nSPS) is 16.9. The van der Waals surface area contributed by atoms with Crippen molar-refractivity contribution in [2.24, 2.45) is 0 Å². The van der Waals surface area contributed by atoms with Crippen LogP contribution in [0.1, 0.15) is 53.7 Å². The van der Waals surface area contributed by atoms with E-state index in [2.05, 4.69) is 28.9 Å². The van der Waals surface area contributed by atoms with Gasteiger partial charge in [-0.05, 0) is 30.2 Å². The van der Waals surface area contributed by atoms with E-state index in [1.165, 1.54) is 25.8 Å². The number of hydrogen-bond acceptors (Lipinski definition) is 3. The number of benzene rings is 2. The number of carboxylic acid groups (broad SMARTS) is 1. The molecule has 4 heteroatoms. The Kier molecular flexibility index (Phi) is 7.02. The first-order valence-electron chi connectivity index (χ1n) is 10.0. The van der Waals surface area contributed by atoms with E-state index in [-0.39, 0.29) is 6.04 Å². The fraction of sp³-hybridized carbons (Fsp3) is 0.435. The zero-order valence-corrected chi connectivity index (χ0v) is 16.2. The Hall–Kier alpha value is -2.17. The number of carboxylic acids is 1. The minimum atomic E-state index is -0.857. The molecule has 3 rings (SSSR count). The van der Waals surface area contributed by atoms with Gasteiger partial charge in [0.25, 0.3) is 0 Å². The van der Waals surface area contributed by atoms with Gasteiger partial charge in [0, 0.05) is 26.2 Å². The van der Waals surface area contributed by atoms with Crippen molar-refractivity contribution < 1.29 is 9.90 Å². The van der Waals surface area contributed by atoms with Gasteiger partial charge in [0.1, 0.15) is 0 Å². The predicted molar refractivity (Wildman–Crippen MR) is 109 cm³/mol. The van der Waals surface area contributed by atoms with E-state index in [9.17, 15) is 9.90 Å². The maximum absolute atomic E-state index is 11.8. The van der Waals surface area contributed by atoms with Gasteiger partial charge in [-0.15, -0.1) is 0 Å². The molecule has 0 saturated carbocycles. The molecule has 1 saturated heterocycles. The van der Waals surface area contributed by atoms with Crippen LogP contribution in [0.25, 0.3) is 0 Å². The van der Waals surface area contributed by atoms with Crippen molar-refractivity contribution in [1.82, 2.24) is 9.80 Å². The van der Waals surface area contributed by atoms with E-state index in [1.807, 2.05) is 30.3 Å². The molecule has 2 aromatic rings. The van der Waals surface area contributed by atoms with Gasteiger partial charge in [0.05, 0.1) is 11.6 Å². The summed E-state index contributed by atoms with van der Waals surface area (Å²) in [7, 11) is 0. The Morgan fingerprint density at radius 2 is 1.63 bits per heavy atom. The van der Waals surface area contributed by atoms with Gasteiger partial charge >= 0.3 is 5.97 Å². The minimum absolute atomic E-state index is 0.0173. The number of unbranched alkanes of at least 4 members (excludes halogenated alkanes) is 2. The monoisotopic (exact) mass is 366 g/mol. The van der Waals surface area contributed by atoms with Crippen LogP contribution in [0.4, 0.5) is 0 Å². The van der Waals surface area contributed by atoms with Crippen molar-refractivity contribution in [3.8, 4) is 0 Å². The predicted octanol–water partition coefficient (Wildman–Crippen LogP) is 4.28. The summed E-state index contributed by atoms with van der Waals surface area (Å²) in [6.07, 6.45) is 3.81. The molecule has 0 bridgehead atoms. The van der Waals surface area contributed by atoms with E-state index < -0.39 is 5.97 Å². The molecular formula is C23H30N2O2. The Morgan fingerprint density at radius 1 is 0.963 bits per heavy atom. The van der Waals surface area contributed by atoms with Gasteiger partial charge in [-0.2, -0.15) is 0 Å². The lowest BCUT2D eigenvalue weighted by atomic mass is 9.92. The summed E-state index contributed by atoms with van der Waals surface area (Å²) in [6, 6.07) is 17.7. The van der Waals surface area contributed by atoms with Crippen LogP contribution in [-0.2, 0) is 0 Å². The summed E-state index contributed by atoms with van der Waals surface area (Å²) >= 11 is 0. The summed E-state index contributed by atoms with van der Waals surface area (Å²) in [5.41, 5.74) is 2.44. The molecule has 1 aliphatic heterocycles. The molecule has 1 atom stereocenters. The summed E-state index contributed by atoms with van der Waals surface area (Å²) in [4.78, 5) is 16.8. The Labute approximate surface area is 162 Å². The lowest BCUT2D eigenvalue weighted by Crippen LogP contribution is -2.48. The fourth-order valence-corrected chi connectivity index (χ4v) is 3.98. The highest BCUT2D eigenvalue weighted by Gasteiger charge is 2.28. The highest BCUT2D eigenvalue weighted by atomic mass is 16.4. The zero-order chi connectivity index (χ0) is 19.1. The third-order valence-corrected chi connectivity index (χ3v) is 5.45. The van der Waals surface area contributed by atoms with Crippen LogP contribution in [0, 0.1) is 0 Å². The van der Waals surface area contributed by atoms with Gasteiger partial charge in [0.2, 0.25) is 0 Å². The third kappa shape index (κ3) is 4.96. The van der Waals surface area contributed by atoms with E-state index in [0.29, 0.717) is 5.56 Å². The first-order valence-corrected chi connectivity index (χ1v) is 10.0. The van der Waals surface area contributed by atoms with Crippen molar-refractivity contribution in [3.05, 3.63) is 71.3 Å². The van der Waals surface area contributed by atoms with Gasteiger partial charge in [-0.3, -0.25) is 4.90 Å².